The Kier molecular flexibility index (Phi) is 6.59. The molecule has 1 fully saturated rings. The maximum absolute atomic E-state index is 12.8. The van der Waals surface area contributed by atoms with Crippen molar-refractivity contribution >= 4 is 11.6 Å². The Morgan fingerprint density at radius 3 is 2.24 bits per heavy atom. The SMILES string of the molecule is CCC(CCCCc1ccccc1)C(=O)CC1(C(C)=O)CC(C)(C)C1. The minimum absolute atomic E-state index is 0.121. The summed E-state index contributed by atoms with van der Waals surface area (Å²) in [6.07, 6.45) is 7.33. The molecule has 0 N–H and O–H groups in total. The van der Waals surface area contributed by atoms with Crippen LogP contribution in [0.4, 0.5) is 0 Å². The average molecular weight is 343 g/mol. The minimum Gasteiger partial charge on any atom is -0.299 e. The average Bonchev–Trinajstić information content (AvgIpc) is 2.53. The minimum atomic E-state index is -0.363. The highest BCUT2D eigenvalue weighted by molar-refractivity contribution is 5.91. The van der Waals surface area contributed by atoms with Gasteiger partial charge in [-0.3, -0.25) is 9.59 Å². The van der Waals surface area contributed by atoms with Gasteiger partial charge in [0.05, 0.1) is 0 Å². The van der Waals surface area contributed by atoms with Crippen LogP contribution in [0.15, 0.2) is 30.3 Å². The van der Waals surface area contributed by atoms with Crippen molar-refractivity contribution in [3.8, 4) is 0 Å². The predicted molar refractivity (Wildman–Crippen MR) is 104 cm³/mol. The van der Waals surface area contributed by atoms with Crippen molar-refractivity contribution < 1.29 is 9.59 Å². The van der Waals surface area contributed by atoms with Gasteiger partial charge in [0, 0.05) is 17.8 Å². The molecule has 0 radical (unpaired) electrons. The standard InChI is InChI=1S/C23H34O2/c1-5-20(14-10-9-13-19-11-7-6-8-12-19)21(25)15-23(18(2)24)16-22(3,4)17-23/h6-8,11-12,20H,5,9-10,13-17H2,1-4H3. The zero-order valence-electron chi connectivity index (χ0n) is 16.4. The van der Waals surface area contributed by atoms with Crippen LogP contribution in [-0.2, 0) is 16.0 Å². The quantitative estimate of drug-likeness (QED) is 0.505. The van der Waals surface area contributed by atoms with E-state index in [1.165, 1.54) is 5.56 Å². The summed E-state index contributed by atoms with van der Waals surface area (Å²) in [7, 11) is 0. The number of hydrogen-bond acceptors (Lipinski definition) is 2. The van der Waals surface area contributed by atoms with Gasteiger partial charge in [0.15, 0.2) is 0 Å². The number of carbonyl (C=O) groups excluding carboxylic acids is 2. The van der Waals surface area contributed by atoms with Crippen LogP contribution < -0.4 is 0 Å². The second-order valence-electron chi connectivity index (χ2n) is 8.83. The molecule has 2 rings (SSSR count). The van der Waals surface area contributed by atoms with Crippen LogP contribution in [0.5, 0.6) is 0 Å². The molecule has 1 unspecified atom stereocenters. The van der Waals surface area contributed by atoms with Gasteiger partial charge in [0.25, 0.3) is 0 Å². The summed E-state index contributed by atoms with van der Waals surface area (Å²) in [6, 6.07) is 10.5. The lowest BCUT2D eigenvalue weighted by Crippen LogP contribution is -2.49. The highest BCUT2D eigenvalue weighted by Crippen LogP contribution is 2.57. The number of Topliss-reactive ketones (excluding diaryl/α,β-unsaturated/α-hetero) is 2. The highest BCUT2D eigenvalue weighted by atomic mass is 16.1. The first-order valence-corrected chi connectivity index (χ1v) is 9.86. The van der Waals surface area contributed by atoms with E-state index in [9.17, 15) is 9.59 Å². The van der Waals surface area contributed by atoms with E-state index in [1.807, 2.05) is 6.07 Å². The monoisotopic (exact) mass is 342 g/mol. The molecule has 138 valence electrons. The molecule has 1 aromatic rings. The van der Waals surface area contributed by atoms with Gasteiger partial charge in [-0.05, 0) is 56.4 Å². The third-order valence-electron chi connectivity index (χ3n) is 5.95. The van der Waals surface area contributed by atoms with Crippen LogP contribution in [-0.4, -0.2) is 11.6 Å². The molecule has 2 nitrogen and oxygen atoms in total. The van der Waals surface area contributed by atoms with Crippen LogP contribution in [0.2, 0.25) is 0 Å². The van der Waals surface area contributed by atoms with Crippen LogP contribution >= 0.6 is 0 Å². The maximum atomic E-state index is 12.8. The summed E-state index contributed by atoms with van der Waals surface area (Å²) in [5.74, 6) is 0.641. The molecule has 2 heteroatoms. The van der Waals surface area contributed by atoms with Crippen molar-refractivity contribution in [1.82, 2.24) is 0 Å². The Bertz CT molecular complexity index is 577. The predicted octanol–water partition coefficient (Wildman–Crippen LogP) is 5.78. The van der Waals surface area contributed by atoms with E-state index >= 15 is 0 Å². The van der Waals surface area contributed by atoms with Gasteiger partial charge in [0.2, 0.25) is 0 Å². The molecule has 0 spiro atoms. The molecule has 1 aromatic carbocycles. The molecular formula is C23H34O2. The fraction of sp³-hybridized carbons (Fsp3) is 0.652. The van der Waals surface area contributed by atoms with Crippen molar-refractivity contribution in [2.24, 2.45) is 16.7 Å². The molecule has 1 aliphatic rings. The summed E-state index contributed by atoms with van der Waals surface area (Å²) in [5.41, 5.74) is 1.22. The van der Waals surface area contributed by atoms with E-state index in [2.05, 4.69) is 45.0 Å². The van der Waals surface area contributed by atoms with E-state index < -0.39 is 0 Å². The maximum Gasteiger partial charge on any atom is 0.136 e. The third-order valence-corrected chi connectivity index (χ3v) is 5.95. The molecular weight excluding hydrogens is 308 g/mol. The molecule has 0 aliphatic heterocycles. The number of aryl methyl sites for hydroxylation is 1. The summed E-state index contributed by atoms with van der Waals surface area (Å²) in [5, 5.41) is 0. The molecule has 0 heterocycles. The van der Waals surface area contributed by atoms with E-state index in [1.54, 1.807) is 6.92 Å². The Morgan fingerprint density at radius 2 is 1.72 bits per heavy atom. The van der Waals surface area contributed by atoms with Crippen LogP contribution in [0.3, 0.4) is 0 Å². The zero-order chi connectivity index (χ0) is 18.5. The van der Waals surface area contributed by atoms with Crippen molar-refractivity contribution in [3.05, 3.63) is 35.9 Å². The lowest BCUT2D eigenvalue weighted by molar-refractivity contribution is -0.147. The topological polar surface area (TPSA) is 34.1 Å². The first kappa shape index (κ1) is 19.9. The van der Waals surface area contributed by atoms with Crippen molar-refractivity contribution in [2.75, 3.05) is 0 Å². The van der Waals surface area contributed by atoms with Crippen LogP contribution in [0.25, 0.3) is 0 Å². The first-order chi connectivity index (χ1) is 11.8. The van der Waals surface area contributed by atoms with Crippen molar-refractivity contribution in [2.45, 2.75) is 79.1 Å². The second-order valence-corrected chi connectivity index (χ2v) is 8.83. The molecule has 1 saturated carbocycles. The molecule has 25 heavy (non-hydrogen) atoms. The van der Waals surface area contributed by atoms with Gasteiger partial charge in [-0.15, -0.1) is 0 Å². The number of carbonyl (C=O) groups is 2. The Labute approximate surface area is 153 Å². The van der Waals surface area contributed by atoms with Crippen LogP contribution in [0, 0.1) is 16.7 Å². The number of unbranched alkanes of at least 4 members (excludes halogenated alkanes) is 1. The number of hydrogen-bond donors (Lipinski definition) is 0. The van der Waals surface area contributed by atoms with Gasteiger partial charge in [-0.2, -0.15) is 0 Å². The highest BCUT2D eigenvalue weighted by Gasteiger charge is 2.53. The van der Waals surface area contributed by atoms with Gasteiger partial charge in [-0.25, -0.2) is 0 Å². The number of rotatable bonds is 10. The molecule has 1 aliphatic carbocycles. The van der Waals surface area contributed by atoms with E-state index in [4.69, 9.17) is 0 Å². The third kappa shape index (κ3) is 5.26. The van der Waals surface area contributed by atoms with E-state index in [0.29, 0.717) is 12.2 Å². The summed E-state index contributed by atoms with van der Waals surface area (Å²) < 4.78 is 0. The Balaban J connectivity index is 1.81. The molecule has 0 amide bonds. The van der Waals surface area contributed by atoms with E-state index in [-0.39, 0.29) is 22.5 Å². The molecule has 0 aromatic heterocycles. The summed E-state index contributed by atoms with van der Waals surface area (Å²) >= 11 is 0. The van der Waals surface area contributed by atoms with E-state index in [0.717, 1.165) is 44.9 Å². The largest absolute Gasteiger partial charge is 0.299 e. The van der Waals surface area contributed by atoms with Gasteiger partial charge in [-0.1, -0.05) is 57.5 Å². The lowest BCUT2D eigenvalue weighted by atomic mass is 9.51. The fourth-order valence-corrected chi connectivity index (χ4v) is 4.71. The van der Waals surface area contributed by atoms with Crippen molar-refractivity contribution in [1.29, 1.82) is 0 Å². The number of ketones is 2. The Hall–Kier alpha value is -1.44. The zero-order valence-corrected chi connectivity index (χ0v) is 16.4. The lowest BCUT2D eigenvalue weighted by Gasteiger charge is -2.52. The van der Waals surface area contributed by atoms with Gasteiger partial charge < -0.3 is 0 Å². The van der Waals surface area contributed by atoms with Gasteiger partial charge in [0.1, 0.15) is 11.6 Å². The number of benzene rings is 1. The molecule has 0 saturated heterocycles. The molecule has 1 atom stereocenters. The fourth-order valence-electron chi connectivity index (χ4n) is 4.71. The normalized spacial score (nSPS) is 19.0. The van der Waals surface area contributed by atoms with Crippen molar-refractivity contribution in [3.63, 3.8) is 0 Å². The summed E-state index contributed by atoms with van der Waals surface area (Å²) in [4.78, 5) is 25.0. The first-order valence-electron chi connectivity index (χ1n) is 9.86. The van der Waals surface area contributed by atoms with Crippen LogP contribution in [0.1, 0.15) is 78.2 Å². The smallest absolute Gasteiger partial charge is 0.136 e. The second kappa shape index (κ2) is 8.29. The Morgan fingerprint density at radius 1 is 1.08 bits per heavy atom. The summed E-state index contributed by atoms with van der Waals surface area (Å²) in [6.45, 7) is 8.16. The van der Waals surface area contributed by atoms with Gasteiger partial charge >= 0.3 is 0 Å². The molecule has 0 bridgehead atoms.